The molecular weight excluding hydrogens is 328 g/mol. The summed E-state index contributed by atoms with van der Waals surface area (Å²) in [5.41, 5.74) is 6.64. The third-order valence-electron chi connectivity index (χ3n) is 3.88. The first-order chi connectivity index (χ1) is 12.5. The number of aryl methyl sites for hydroxylation is 2. The lowest BCUT2D eigenvalue weighted by Gasteiger charge is -2.11. The number of hydrazone groups is 1. The van der Waals surface area contributed by atoms with E-state index < -0.39 is 0 Å². The molecule has 2 rings (SSSR count). The molecule has 5 heteroatoms. The van der Waals surface area contributed by atoms with E-state index in [-0.39, 0.29) is 12.5 Å². The summed E-state index contributed by atoms with van der Waals surface area (Å²) >= 11 is 0. The normalized spacial score (nSPS) is 10.8. The Morgan fingerprint density at radius 2 is 1.85 bits per heavy atom. The third kappa shape index (κ3) is 5.92. The molecule has 1 amide bonds. The second kappa shape index (κ2) is 9.61. The number of hydrogen-bond donors (Lipinski definition) is 1. The highest BCUT2D eigenvalue weighted by Crippen LogP contribution is 2.23. The highest BCUT2D eigenvalue weighted by molar-refractivity contribution is 5.83. The van der Waals surface area contributed by atoms with Crippen LogP contribution in [0.25, 0.3) is 0 Å². The molecule has 0 saturated heterocycles. The maximum atomic E-state index is 11.9. The van der Waals surface area contributed by atoms with Crippen molar-refractivity contribution in [2.45, 2.75) is 34.1 Å². The molecule has 0 saturated carbocycles. The van der Waals surface area contributed by atoms with Gasteiger partial charge in [-0.1, -0.05) is 13.0 Å². The minimum absolute atomic E-state index is 0.0785. The van der Waals surface area contributed by atoms with Crippen molar-refractivity contribution in [3.63, 3.8) is 0 Å². The second-order valence-corrected chi connectivity index (χ2v) is 6.20. The van der Waals surface area contributed by atoms with Crippen LogP contribution in [0.4, 0.5) is 0 Å². The Labute approximate surface area is 155 Å². The summed E-state index contributed by atoms with van der Waals surface area (Å²) in [5.74, 6) is 1.25. The molecule has 138 valence electrons. The van der Waals surface area contributed by atoms with Gasteiger partial charge in [-0.15, -0.1) is 0 Å². The summed E-state index contributed by atoms with van der Waals surface area (Å²) in [7, 11) is 0. The number of rotatable bonds is 8. The van der Waals surface area contributed by atoms with Crippen LogP contribution in [0.3, 0.4) is 0 Å². The van der Waals surface area contributed by atoms with Crippen molar-refractivity contribution in [1.29, 1.82) is 0 Å². The summed E-state index contributed by atoms with van der Waals surface area (Å²) in [6.07, 6.45) is 2.56. The lowest BCUT2D eigenvalue weighted by molar-refractivity contribution is -0.123. The van der Waals surface area contributed by atoms with Crippen LogP contribution in [0.15, 0.2) is 41.5 Å². The van der Waals surface area contributed by atoms with Crippen molar-refractivity contribution in [3.05, 3.63) is 58.7 Å². The first kappa shape index (κ1) is 19.5. The number of nitrogens with zero attached hydrogens (tertiary/aromatic N) is 1. The SMILES string of the molecule is CCCOc1ccc(/C=N/NC(=O)COc2cc(C)cc(C)c2C)cc1. The molecular formula is C21H26N2O3. The molecule has 0 radical (unpaired) electrons. The smallest absolute Gasteiger partial charge is 0.277 e. The van der Waals surface area contributed by atoms with Crippen LogP contribution >= 0.6 is 0 Å². The van der Waals surface area contributed by atoms with E-state index in [4.69, 9.17) is 9.47 Å². The van der Waals surface area contributed by atoms with Crippen LogP contribution in [-0.4, -0.2) is 25.3 Å². The molecule has 0 spiro atoms. The Balaban J connectivity index is 1.82. The average Bonchev–Trinajstić information content (AvgIpc) is 2.62. The van der Waals surface area contributed by atoms with Crippen LogP contribution in [0, 0.1) is 20.8 Å². The quantitative estimate of drug-likeness (QED) is 0.577. The summed E-state index contributed by atoms with van der Waals surface area (Å²) in [5, 5.41) is 3.96. The van der Waals surface area contributed by atoms with Crippen molar-refractivity contribution in [2.75, 3.05) is 13.2 Å². The number of amides is 1. The molecule has 0 fully saturated rings. The Kier molecular flexibility index (Phi) is 7.21. The first-order valence-electron chi connectivity index (χ1n) is 8.75. The minimum Gasteiger partial charge on any atom is -0.494 e. The van der Waals surface area contributed by atoms with Crippen LogP contribution in [0.2, 0.25) is 0 Å². The predicted octanol–water partition coefficient (Wildman–Crippen LogP) is 3.93. The molecule has 26 heavy (non-hydrogen) atoms. The summed E-state index contributed by atoms with van der Waals surface area (Å²) in [6.45, 7) is 8.69. The van der Waals surface area contributed by atoms with Gasteiger partial charge in [0.05, 0.1) is 12.8 Å². The van der Waals surface area contributed by atoms with Gasteiger partial charge < -0.3 is 9.47 Å². The number of carbonyl (C=O) groups is 1. The zero-order valence-electron chi connectivity index (χ0n) is 15.8. The molecule has 0 aliphatic rings. The molecule has 0 aliphatic carbocycles. The number of nitrogens with one attached hydrogen (secondary N) is 1. The minimum atomic E-state index is -0.303. The van der Waals surface area contributed by atoms with Crippen LogP contribution in [-0.2, 0) is 4.79 Å². The fourth-order valence-electron chi connectivity index (χ4n) is 2.38. The van der Waals surface area contributed by atoms with Gasteiger partial charge in [0.25, 0.3) is 5.91 Å². The summed E-state index contributed by atoms with van der Waals surface area (Å²) in [6, 6.07) is 11.5. The standard InChI is InChI=1S/C21H26N2O3/c1-5-10-25-19-8-6-18(7-9-19)13-22-23-21(24)14-26-20-12-15(2)11-16(3)17(20)4/h6-9,11-13H,5,10,14H2,1-4H3,(H,23,24)/b22-13+. The van der Waals surface area contributed by atoms with Gasteiger partial charge in [0.15, 0.2) is 6.61 Å². The highest BCUT2D eigenvalue weighted by atomic mass is 16.5. The fourth-order valence-corrected chi connectivity index (χ4v) is 2.38. The van der Waals surface area contributed by atoms with E-state index in [9.17, 15) is 4.79 Å². The van der Waals surface area contributed by atoms with Gasteiger partial charge in [-0.3, -0.25) is 4.79 Å². The molecule has 0 aliphatic heterocycles. The van der Waals surface area contributed by atoms with Crippen LogP contribution in [0.5, 0.6) is 11.5 Å². The van der Waals surface area contributed by atoms with Gasteiger partial charge in [0.2, 0.25) is 0 Å². The predicted molar refractivity (Wildman–Crippen MR) is 104 cm³/mol. The molecule has 0 atom stereocenters. The first-order valence-corrected chi connectivity index (χ1v) is 8.75. The van der Waals surface area contributed by atoms with Gasteiger partial charge in [0.1, 0.15) is 11.5 Å². The molecule has 1 N–H and O–H groups in total. The van der Waals surface area contributed by atoms with E-state index >= 15 is 0 Å². The number of benzene rings is 2. The topological polar surface area (TPSA) is 59.9 Å². The fraction of sp³-hybridized carbons (Fsp3) is 0.333. The summed E-state index contributed by atoms with van der Waals surface area (Å²) < 4.78 is 11.1. The van der Waals surface area contributed by atoms with Crippen LogP contribution < -0.4 is 14.9 Å². The Bertz CT molecular complexity index is 768. The van der Waals surface area contributed by atoms with Gasteiger partial charge in [-0.25, -0.2) is 5.43 Å². The van der Waals surface area contributed by atoms with Gasteiger partial charge in [0, 0.05) is 0 Å². The van der Waals surface area contributed by atoms with Gasteiger partial charge in [-0.2, -0.15) is 5.10 Å². The molecule has 0 unspecified atom stereocenters. The summed E-state index contributed by atoms with van der Waals surface area (Å²) in [4.78, 5) is 11.9. The van der Waals surface area contributed by atoms with E-state index in [0.29, 0.717) is 6.61 Å². The van der Waals surface area contributed by atoms with Crippen molar-refractivity contribution in [2.24, 2.45) is 5.10 Å². The Morgan fingerprint density at radius 1 is 1.12 bits per heavy atom. The second-order valence-electron chi connectivity index (χ2n) is 6.20. The van der Waals surface area contributed by atoms with E-state index in [2.05, 4.69) is 23.5 Å². The van der Waals surface area contributed by atoms with E-state index in [1.54, 1.807) is 6.21 Å². The van der Waals surface area contributed by atoms with Crippen molar-refractivity contribution in [3.8, 4) is 11.5 Å². The van der Waals surface area contributed by atoms with Crippen molar-refractivity contribution >= 4 is 12.1 Å². The van der Waals surface area contributed by atoms with Crippen LogP contribution in [0.1, 0.15) is 35.6 Å². The highest BCUT2D eigenvalue weighted by Gasteiger charge is 2.06. The Morgan fingerprint density at radius 3 is 2.54 bits per heavy atom. The van der Waals surface area contributed by atoms with Gasteiger partial charge in [-0.05, 0) is 79.8 Å². The molecule has 0 aromatic heterocycles. The third-order valence-corrected chi connectivity index (χ3v) is 3.88. The molecule has 2 aromatic rings. The van der Waals surface area contributed by atoms with Gasteiger partial charge >= 0.3 is 0 Å². The Hall–Kier alpha value is -2.82. The van der Waals surface area contributed by atoms with E-state index in [0.717, 1.165) is 40.2 Å². The largest absolute Gasteiger partial charge is 0.494 e. The molecule has 0 bridgehead atoms. The zero-order valence-corrected chi connectivity index (χ0v) is 15.8. The number of hydrogen-bond acceptors (Lipinski definition) is 4. The lowest BCUT2D eigenvalue weighted by atomic mass is 10.1. The number of ether oxygens (including phenoxy) is 2. The van der Waals surface area contributed by atoms with Crippen molar-refractivity contribution < 1.29 is 14.3 Å². The zero-order chi connectivity index (χ0) is 18.9. The average molecular weight is 354 g/mol. The van der Waals surface area contributed by atoms with Crippen molar-refractivity contribution in [1.82, 2.24) is 5.43 Å². The lowest BCUT2D eigenvalue weighted by Crippen LogP contribution is -2.24. The molecule has 0 heterocycles. The molecule has 5 nitrogen and oxygen atoms in total. The molecule has 2 aromatic carbocycles. The maximum Gasteiger partial charge on any atom is 0.277 e. The monoisotopic (exact) mass is 354 g/mol. The van der Waals surface area contributed by atoms with E-state index in [1.807, 2.05) is 51.1 Å². The van der Waals surface area contributed by atoms with E-state index in [1.165, 1.54) is 0 Å². The maximum absolute atomic E-state index is 11.9. The number of carbonyl (C=O) groups excluding carboxylic acids is 1.